The largest absolute Gasteiger partial charge is 0.488 e. The highest BCUT2D eigenvalue weighted by Gasteiger charge is 2.30. The molecule has 0 saturated heterocycles. The summed E-state index contributed by atoms with van der Waals surface area (Å²) in [5.41, 5.74) is 8.44. The molecule has 18 nitrogen and oxygen atoms in total. The molecule has 0 aliphatic rings. The fourth-order valence-corrected chi connectivity index (χ4v) is 9.61. The number of aliphatic hydroxyl groups is 2. The van der Waals surface area contributed by atoms with Gasteiger partial charge in [0.05, 0.1) is 22.3 Å². The van der Waals surface area contributed by atoms with Crippen molar-refractivity contribution in [3.05, 3.63) is 189 Å². The summed E-state index contributed by atoms with van der Waals surface area (Å²) in [6.07, 6.45) is 8.01. The van der Waals surface area contributed by atoms with Crippen LogP contribution in [-0.4, -0.2) is 110 Å². The van der Waals surface area contributed by atoms with Gasteiger partial charge in [-0.3, -0.25) is 19.4 Å². The number of aromatic nitrogens is 6. The van der Waals surface area contributed by atoms with Crippen molar-refractivity contribution in [2.75, 3.05) is 14.1 Å². The predicted molar refractivity (Wildman–Crippen MR) is 293 cm³/mol. The number of benzene rings is 4. The lowest BCUT2D eigenvalue weighted by atomic mass is 9.92. The van der Waals surface area contributed by atoms with Crippen LogP contribution in [0.15, 0.2) is 134 Å². The SMILES string of the molecule is Cc1c(COc2cc(OCc3ccc(-n4cccn4)nc3)c(CN(C)[C@H](C(=O)O)[C@@H](C)O)cc2Cl)cccc1-c1cccc(COc2cc(OCc3ccc(-n4cccn4)nc3)c(CN(C)[C@H](C(=O)O)[C@@H](C)O)cc2Cl)c1C. The van der Waals surface area contributed by atoms with E-state index in [1.807, 2.05) is 86.6 Å². The van der Waals surface area contributed by atoms with Crippen molar-refractivity contribution in [1.82, 2.24) is 39.3 Å². The van der Waals surface area contributed by atoms with Crippen LogP contribution in [0.2, 0.25) is 10.0 Å². The Balaban J connectivity index is 0.999. The van der Waals surface area contributed by atoms with Gasteiger partial charge in [0.1, 0.15) is 61.5 Å². The molecule has 78 heavy (non-hydrogen) atoms. The molecule has 0 spiro atoms. The molecule has 0 aliphatic carbocycles. The maximum absolute atomic E-state index is 12.1. The summed E-state index contributed by atoms with van der Waals surface area (Å²) in [5, 5.41) is 49.5. The number of carboxylic acids is 2. The highest BCUT2D eigenvalue weighted by Crippen LogP contribution is 2.38. The molecule has 0 amide bonds. The summed E-state index contributed by atoms with van der Waals surface area (Å²) < 4.78 is 28.9. The van der Waals surface area contributed by atoms with Crippen LogP contribution in [0.5, 0.6) is 23.0 Å². The highest BCUT2D eigenvalue weighted by molar-refractivity contribution is 6.32. The van der Waals surface area contributed by atoms with E-state index in [4.69, 9.17) is 42.1 Å². The van der Waals surface area contributed by atoms with Crippen LogP contribution in [0, 0.1) is 13.8 Å². The molecule has 8 aromatic rings. The van der Waals surface area contributed by atoms with Crippen molar-refractivity contribution in [3.8, 4) is 45.8 Å². The zero-order chi connectivity index (χ0) is 55.6. The number of nitrogens with zero attached hydrogens (tertiary/aromatic N) is 8. The third-order valence-corrected chi connectivity index (χ3v) is 13.9. The van der Waals surface area contributed by atoms with E-state index in [9.17, 15) is 30.0 Å². The molecule has 0 aliphatic heterocycles. The van der Waals surface area contributed by atoms with Gasteiger partial charge >= 0.3 is 11.9 Å². The van der Waals surface area contributed by atoms with Crippen LogP contribution in [0.3, 0.4) is 0 Å². The van der Waals surface area contributed by atoms with Gasteiger partial charge in [0.25, 0.3) is 0 Å². The van der Waals surface area contributed by atoms with E-state index in [2.05, 4.69) is 20.2 Å². The third-order valence-electron chi connectivity index (χ3n) is 13.3. The van der Waals surface area contributed by atoms with E-state index in [0.717, 1.165) is 44.5 Å². The van der Waals surface area contributed by atoms with Gasteiger partial charge < -0.3 is 39.4 Å². The van der Waals surface area contributed by atoms with Crippen molar-refractivity contribution < 1.29 is 49.0 Å². The van der Waals surface area contributed by atoms with Crippen molar-refractivity contribution in [1.29, 1.82) is 0 Å². The number of aliphatic hydroxyl groups excluding tert-OH is 2. The molecule has 0 bridgehead atoms. The van der Waals surface area contributed by atoms with Crippen molar-refractivity contribution >= 4 is 35.1 Å². The minimum Gasteiger partial charge on any atom is -0.488 e. The molecule has 0 saturated carbocycles. The van der Waals surface area contributed by atoms with Gasteiger partial charge in [-0.25, -0.2) is 19.3 Å². The summed E-state index contributed by atoms with van der Waals surface area (Å²) in [5.74, 6) is 0.470. The Hall–Kier alpha value is -7.84. The predicted octanol–water partition coefficient (Wildman–Crippen LogP) is 9.29. The number of carbonyl (C=O) groups is 2. The Morgan fingerprint density at radius 1 is 0.551 bits per heavy atom. The first kappa shape index (κ1) is 56.4. The lowest BCUT2D eigenvalue weighted by Gasteiger charge is -2.27. The number of rotatable bonds is 25. The Labute approximate surface area is 461 Å². The van der Waals surface area contributed by atoms with Crippen molar-refractivity contribution in [2.24, 2.45) is 0 Å². The molecule has 406 valence electrons. The molecule has 4 aromatic heterocycles. The third kappa shape index (κ3) is 13.6. The van der Waals surface area contributed by atoms with E-state index in [0.29, 0.717) is 45.8 Å². The maximum Gasteiger partial charge on any atom is 0.323 e. The van der Waals surface area contributed by atoms with Gasteiger partial charge in [-0.1, -0.05) is 71.7 Å². The van der Waals surface area contributed by atoms with Crippen molar-refractivity contribution in [2.45, 2.75) is 91.5 Å². The molecule has 4 aromatic carbocycles. The number of carboxylic acid groups (broad SMARTS) is 2. The summed E-state index contributed by atoms with van der Waals surface area (Å²) in [6.45, 7) is 7.67. The summed E-state index contributed by atoms with van der Waals surface area (Å²) in [4.78, 5) is 36.3. The number of ether oxygens (including phenoxy) is 4. The molecule has 0 unspecified atom stereocenters. The van der Waals surface area contributed by atoms with Gasteiger partial charge in [0.2, 0.25) is 0 Å². The molecule has 4 N–H and O–H groups in total. The monoisotopic (exact) mass is 1100 g/mol. The summed E-state index contributed by atoms with van der Waals surface area (Å²) in [6, 6.07) is 27.4. The Morgan fingerprint density at radius 3 is 1.28 bits per heavy atom. The van der Waals surface area contributed by atoms with E-state index in [1.165, 1.54) is 23.6 Å². The first-order valence-corrected chi connectivity index (χ1v) is 25.7. The van der Waals surface area contributed by atoms with Crippen molar-refractivity contribution in [3.63, 3.8) is 0 Å². The molecule has 20 heteroatoms. The fourth-order valence-electron chi connectivity index (χ4n) is 9.13. The first-order chi connectivity index (χ1) is 37.4. The molecule has 0 radical (unpaired) electrons. The molecule has 0 fully saturated rings. The zero-order valence-corrected chi connectivity index (χ0v) is 45.3. The molecule has 4 atom stereocenters. The van der Waals surface area contributed by atoms with Gasteiger partial charge in [-0.2, -0.15) is 10.2 Å². The summed E-state index contributed by atoms with van der Waals surface area (Å²) in [7, 11) is 3.22. The fraction of sp³-hybridized carbons (Fsp3) is 0.276. The number of likely N-dealkylation sites (N-methyl/N-ethyl adjacent to an activating group) is 2. The molecule has 8 rings (SSSR count). The number of halogens is 2. The Kier molecular flexibility index (Phi) is 18.5. The van der Waals surface area contributed by atoms with E-state index in [1.54, 1.807) is 84.9 Å². The second-order valence-electron chi connectivity index (χ2n) is 18.9. The zero-order valence-electron chi connectivity index (χ0n) is 43.8. The van der Waals surface area contributed by atoms with E-state index >= 15 is 0 Å². The van der Waals surface area contributed by atoms with Gasteiger partial charge in [0.15, 0.2) is 11.6 Å². The Bertz CT molecular complexity index is 3100. The second kappa shape index (κ2) is 25.5. The van der Waals surface area contributed by atoms with Crippen LogP contribution in [0.25, 0.3) is 22.8 Å². The van der Waals surface area contributed by atoms with Gasteiger partial charge in [-0.05, 0) is 112 Å². The van der Waals surface area contributed by atoms with Crippen LogP contribution in [0.1, 0.15) is 58.4 Å². The van der Waals surface area contributed by atoms with Crippen LogP contribution in [0.4, 0.5) is 0 Å². The smallest absolute Gasteiger partial charge is 0.323 e. The average molecular weight is 1100 g/mol. The van der Waals surface area contributed by atoms with Gasteiger partial charge in [-0.15, -0.1) is 0 Å². The Morgan fingerprint density at radius 2 is 0.949 bits per heavy atom. The minimum atomic E-state index is -1.19. The first-order valence-electron chi connectivity index (χ1n) is 24.9. The molecular formula is C58H60Cl2N8O10. The average Bonchev–Trinajstić information content (AvgIpc) is 4.20. The molecular weight excluding hydrogens is 1040 g/mol. The van der Waals surface area contributed by atoms with E-state index in [-0.39, 0.29) is 49.6 Å². The highest BCUT2D eigenvalue weighted by atomic mass is 35.5. The maximum atomic E-state index is 12.1. The lowest BCUT2D eigenvalue weighted by Crippen LogP contribution is -2.45. The van der Waals surface area contributed by atoms with Crippen LogP contribution >= 0.6 is 23.2 Å². The van der Waals surface area contributed by atoms with Gasteiger partial charge in [0, 0.05) is 84.7 Å². The number of hydrogen-bond donors (Lipinski definition) is 4. The normalized spacial score (nSPS) is 13.0. The number of hydrogen-bond acceptors (Lipinski definition) is 14. The summed E-state index contributed by atoms with van der Waals surface area (Å²) >= 11 is 13.8. The van der Waals surface area contributed by atoms with E-state index < -0.39 is 36.2 Å². The molecule has 4 heterocycles. The topological polar surface area (TPSA) is 220 Å². The number of aliphatic carboxylic acids is 2. The van der Waals surface area contributed by atoms with Crippen LogP contribution < -0.4 is 18.9 Å². The minimum absolute atomic E-state index is 0.0925. The lowest BCUT2D eigenvalue weighted by molar-refractivity contribution is -0.148. The number of pyridine rings is 2. The standard InChI is InChI=1S/C58H60Cl2N8O10/c1-35-41(33-77-51-25-49(43(23-47(51)59)29-65(5)55(37(3)69)57(71)72)75-31-39-15-17-53(61-27-39)67-21-9-19-63-67)11-7-13-45(35)46-14-8-12-42(36(46)2)34-78-52-26-50(44(24-48(52)60)30-66(6)56(38(4)70)58(73)74)76-32-40-16-18-54(62-28-40)68-22-10-20-64-68/h7-28,37-38,55-56,69-70H,29-34H2,1-6H3,(H,71,72)(H,73,74)/t37-,38-,55+,56+/m1/s1. The van der Waals surface area contributed by atoms with Crippen LogP contribution in [-0.2, 0) is 49.1 Å². The second-order valence-corrected chi connectivity index (χ2v) is 19.8. The quantitative estimate of drug-likeness (QED) is 0.0419.